The summed E-state index contributed by atoms with van der Waals surface area (Å²) in [5.41, 5.74) is 1.26. The lowest BCUT2D eigenvalue weighted by Crippen LogP contribution is -2.02. The quantitative estimate of drug-likeness (QED) is 0.574. The highest BCUT2D eigenvalue weighted by Gasteiger charge is 2.19. The molecule has 0 spiro atoms. The molecule has 0 N–H and O–H groups in total. The van der Waals surface area contributed by atoms with Crippen LogP contribution in [-0.2, 0) is 0 Å². The van der Waals surface area contributed by atoms with Crippen LogP contribution < -0.4 is 18.9 Å². The molecule has 0 radical (unpaired) electrons. The molecule has 0 aromatic heterocycles. The Hall–Kier alpha value is -2.95. The lowest BCUT2D eigenvalue weighted by atomic mass is 10.1. The lowest BCUT2D eigenvalue weighted by Gasteiger charge is -2.14. The first-order chi connectivity index (χ1) is 11.6. The van der Waals surface area contributed by atoms with Gasteiger partial charge in [-0.25, -0.2) is 0 Å². The van der Waals surface area contributed by atoms with Crippen molar-refractivity contribution in [1.29, 1.82) is 0 Å². The molecule has 0 saturated heterocycles. The normalized spacial score (nSPS) is 10.5. The minimum absolute atomic E-state index is 0.198. The number of ketones is 1. The summed E-state index contributed by atoms with van der Waals surface area (Å²) >= 11 is 0. The van der Waals surface area contributed by atoms with Gasteiger partial charge in [0.2, 0.25) is 5.75 Å². The molecular formula is C19H20O5. The van der Waals surface area contributed by atoms with Crippen LogP contribution in [0.25, 0.3) is 6.08 Å². The van der Waals surface area contributed by atoms with Crippen LogP contribution in [0.3, 0.4) is 0 Å². The van der Waals surface area contributed by atoms with Gasteiger partial charge in [0.15, 0.2) is 17.3 Å². The van der Waals surface area contributed by atoms with Crippen molar-refractivity contribution in [2.24, 2.45) is 0 Å². The standard InChI is InChI=1S/C19H20O5/c1-21-14-7-5-6-13(12-14)8-10-16(20)15-9-11-17(22-2)19(24-4)18(15)23-3/h5-12H,1-4H3. The minimum atomic E-state index is -0.198. The average molecular weight is 328 g/mol. The molecule has 0 saturated carbocycles. The predicted octanol–water partition coefficient (Wildman–Crippen LogP) is 3.62. The van der Waals surface area contributed by atoms with Crippen LogP contribution in [0.5, 0.6) is 23.0 Å². The van der Waals surface area contributed by atoms with Crippen molar-refractivity contribution in [3.63, 3.8) is 0 Å². The molecule has 2 aromatic rings. The van der Waals surface area contributed by atoms with Gasteiger partial charge in [-0.15, -0.1) is 0 Å². The van der Waals surface area contributed by atoms with Gasteiger partial charge >= 0.3 is 0 Å². The van der Waals surface area contributed by atoms with Crippen LogP contribution in [0.15, 0.2) is 42.5 Å². The third kappa shape index (κ3) is 3.68. The monoisotopic (exact) mass is 328 g/mol. The summed E-state index contributed by atoms with van der Waals surface area (Å²) in [6.07, 6.45) is 3.21. The Labute approximate surface area is 141 Å². The summed E-state index contributed by atoms with van der Waals surface area (Å²) < 4.78 is 21.0. The van der Waals surface area contributed by atoms with E-state index in [1.165, 1.54) is 27.4 Å². The highest BCUT2D eigenvalue weighted by molar-refractivity contribution is 6.09. The minimum Gasteiger partial charge on any atom is -0.497 e. The van der Waals surface area contributed by atoms with Crippen molar-refractivity contribution in [2.45, 2.75) is 0 Å². The second kappa shape index (κ2) is 8.06. The number of ether oxygens (including phenoxy) is 4. The van der Waals surface area contributed by atoms with E-state index in [2.05, 4.69) is 0 Å². The van der Waals surface area contributed by atoms with Gasteiger partial charge in [-0.3, -0.25) is 4.79 Å². The molecule has 0 heterocycles. The van der Waals surface area contributed by atoms with E-state index in [-0.39, 0.29) is 5.78 Å². The molecule has 0 aliphatic heterocycles. The molecule has 5 heteroatoms. The SMILES string of the molecule is COc1cccc(C=CC(=O)c2ccc(OC)c(OC)c2OC)c1. The summed E-state index contributed by atoms with van der Waals surface area (Å²) in [5.74, 6) is 1.77. The van der Waals surface area contributed by atoms with Gasteiger partial charge in [0.25, 0.3) is 0 Å². The topological polar surface area (TPSA) is 54.0 Å². The number of rotatable bonds is 7. The van der Waals surface area contributed by atoms with Crippen molar-refractivity contribution in [2.75, 3.05) is 28.4 Å². The third-order valence-electron chi connectivity index (χ3n) is 3.49. The number of benzene rings is 2. The molecule has 24 heavy (non-hydrogen) atoms. The van der Waals surface area contributed by atoms with E-state index in [1.807, 2.05) is 24.3 Å². The van der Waals surface area contributed by atoms with Gasteiger partial charge in [0.05, 0.1) is 34.0 Å². The van der Waals surface area contributed by atoms with Crippen LogP contribution >= 0.6 is 0 Å². The molecule has 0 fully saturated rings. The highest BCUT2D eigenvalue weighted by atomic mass is 16.5. The van der Waals surface area contributed by atoms with Crippen LogP contribution in [0, 0.1) is 0 Å². The Morgan fingerprint density at radius 3 is 2.25 bits per heavy atom. The molecule has 126 valence electrons. The van der Waals surface area contributed by atoms with Crippen molar-refractivity contribution in [1.82, 2.24) is 0 Å². The van der Waals surface area contributed by atoms with E-state index in [9.17, 15) is 4.79 Å². The fourth-order valence-corrected chi connectivity index (χ4v) is 2.30. The molecule has 0 amide bonds. The van der Waals surface area contributed by atoms with Gasteiger partial charge in [-0.1, -0.05) is 18.2 Å². The summed E-state index contributed by atoms with van der Waals surface area (Å²) in [7, 11) is 6.12. The zero-order chi connectivity index (χ0) is 17.5. The number of methoxy groups -OCH3 is 4. The van der Waals surface area contributed by atoms with E-state index < -0.39 is 0 Å². The van der Waals surface area contributed by atoms with Crippen LogP contribution in [-0.4, -0.2) is 34.2 Å². The van der Waals surface area contributed by atoms with Crippen LogP contribution in [0.1, 0.15) is 15.9 Å². The van der Waals surface area contributed by atoms with E-state index in [4.69, 9.17) is 18.9 Å². The third-order valence-corrected chi connectivity index (χ3v) is 3.49. The summed E-state index contributed by atoms with van der Waals surface area (Å²) in [5, 5.41) is 0. The summed E-state index contributed by atoms with van der Waals surface area (Å²) in [6.45, 7) is 0. The van der Waals surface area contributed by atoms with Gasteiger partial charge < -0.3 is 18.9 Å². The maximum atomic E-state index is 12.5. The van der Waals surface area contributed by atoms with Crippen LogP contribution in [0.4, 0.5) is 0 Å². The molecule has 5 nitrogen and oxygen atoms in total. The molecule has 0 aliphatic carbocycles. The number of hydrogen-bond acceptors (Lipinski definition) is 5. The molecule has 2 rings (SSSR count). The zero-order valence-corrected chi connectivity index (χ0v) is 14.2. The first kappa shape index (κ1) is 17.4. The largest absolute Gasteiger partial charge is 0.497 e. The van der Waals surface area contributed by atoms with Crippen molar-refractivity contribution in [3.05, 3.63) is 53.6 Å². The molecule has 2 aromatic carbocycles. The number of allylic oxidation sites excluding steroid dienone is 1. The zero-order valence-electron chi connectivity index (χ0n) is 14.2. The maximum absolute atomic E-state index is 12.5. The van der Waals surface area contributed by atoms with E-state index in [1.54, 1.807) is 25.3 Å². The molecule has 0 aliphatic rings. The first-order valence-corrected chi connectivity index (χ1v) is 7.30. The van der Waals surface area contributed by atoms with Gasteiger partial charge in [-0.05, 0) is 35.9 Å². The van der Waals surface area contributed by atoms with Gasteiger partial charge in [0, 0.05) is 0 Å². The van der Waals surface area contributed by atoms with Crippen molar-refractivity contribution < 1.29 is 23.7 Å². The lowest BCUT2D eigenvalue weighted by molar-refractivity contribution is 0.104. The summed E-state index contributed by atoms with van der Waals surface area (Å²) in [6, 6.07) is 10.8. The smallest absolute Gasteiger partial charge is 0.204 e. The molecule has 0 bridgehead atoms. The number of carbonyl (C=O) groups excluding carboxylic acids is 1. The first-order valence-electron chi connectivity index (χ1n) is 7.30. The second-order valence-electron chi connectivity index (χ2n) is 4.86. The van der Waals surface area contributed by atoms with E-state index in [0.717, 1.165) is 11.3 Å². The van der Waals surface area contributed by atoms with Gasteiger partial charge in [-0.2, -0.15) is 0 Å². The fraction of sp³-hybridized carbons (Fsp3) is 0.211. The Morgan fingerprint density at radius 2 is 1.62 bits per heavy atom. The van der Waals surface area contributed by atoms with E-state index in [0.29, 0.717) is 22.8 Å². The number of carbonyl (C=O) groups is 1. The Balaban J connectivity index is 2.33. The Kier molecular flexibility index (Phi) is 5.84. The molecule has 0 unspecified atom stereocenters. The predicted molar refractivity (Wildman–Crippen MR) is 92.5 cm³/mol. The van der Waals surface area contributed by atoms with Crippen molar-refractivity contribution in [3.8, 4) is 23.0 Å². The maximum Gasteiger partial charge on any atom is 0.204 e. The fourth-order valence-electron chi connectivity index (χ4n) is 2.30. The highest BCUT2D eigenvalue weighted by Crippen LogP contribution is 2.40. The molecule has 0 atom stereocenters. The average Bonchev–Trinajstić information content (AvgIpc) is 2.64. The summed E-state index contributed by atoms with van der Waals surface area (Å²) in [4.78, 5) is 12.5. The Morgan fingerprint density at radius 1 is 0.875 bits per heavy atom. The Bertz CT molecular complexity index is 749. The second-order valence-corrected chi connectivity index (χ2v) is 4.86. The van der Waals surface area contributed by atoms with Gasteiger partial charge in [0.1, 0.15) is 5.75 Å². The molecular weight excluding hydrogens is 308 g/mol. The van der Waals surface area contributed by atoms with E-state index >= 15 is 0 Å². The van der Waals surface area contributed by atoms with Crippen LogP contribution in [0.2, 0.25) is 0 Å². The van der Waals surface area contributed by atoms with Crippen molar-refractivity contribution >= 4 is 11.9 Å². The number of hydrogen-bond donors (Lipinski definition) is 0.